The van der Waals surface area contributed by atoms with Gasteiger partial charge in [0.05, 0.1) is 18.5 Å². The highest BCUT2D eigenvalue weighted by atomic mass is 16.2. The molecule has 2 aromatic rings. The van der Waals surface area contributed by atoms with Gasteiger partial charge in [-0.2, -0.15) is 5.26 Å². The summed E-state index contributed by atoms with van der Waals surface area (Å²) in [7, 11) is 0. The quantitative estimate of drug-likeness (QED) is 0.676. The summed E-state index contributed by atoms with van der Waals surface area (Å²) < 4.78 is 0. The average Bonchev–Trinajstić information content (AvgIpc) is 2.80. The lowest BCUT2D eigenvalue weighted by atomic mass is 10.1. The lowest BCUT2D eigenvalue weighted by Crippen LogP contribution is -2.54. The molecule has 30 heavy (non-hydrogen) atoms. The molecule has 1 aliphatic heterocycles. The third-order valence-electron chi connectivity index (χ3n) is 5.57. The first-order chi connectivity index (χ1) is 14.7. The summed E-state index contributed by atoms with van der Waals surface area (Å²) in [6, 6.07) is 21.9. The molecule has 5 heteroatoms. The number of amides is 1. The maximum absolute atomic E-state index is 13.2. The molecule has 0 N–H and O–H groups in total. The van der Waals surface area contributed by atoms with Gasteiger partial charge in [-0.25, -0.2) is 0 Å². The Balaban J connectivity index is 1.53. The molecule has 1 saturated heterocycles. The summed E-state index contributed by atoms with van der Waals surface area (Å²) in [5.41, 5.74) is 2.07. The molecule has 0 spiro atoms. The van der Waals surface area contributed by atoms with E-state index in [1.54, 1.807) is 4.90 Å². The Morgan fingerprint density at radius 1 is 1.07 bits per heavy atom. The van der Waals surface area contributed by atoms with Crippen molar-refractivity contribution in [2.24, 2.45) is 0 Å². The minimum Gasteiger partial charge on any atom is -0.310 e. The highest BCUT2D eigenvalue weighted by Crippen LogP contribution is 2.18. The van der Waals surface area contributed by atoms with Crippen LogP contribution >= 0.6 is 0 Å². The van der Waals surface area contributed by atoms with Crippen LogP contribution in [0.5, 0.6) is 0 Å². The molecule has 5 nitrogen and oxygen atoms in total. The highest BCUT2D eigenvalue weighted by Gasteiger charge is 2.29. The van der Waals surface area contributed by atoms with Crippen LogP contribution in [-0.4, -0.2) is 61.0 Å². The summed E-state index contributed by atoms with van der Waals surface area (Å²) in [5, 5.41) is 8.99. The van der Waals surface area contributed by atoms with Crippen LogP contribution in [0.15, 0.2) is 66.7 Å². The number of benzene rings is 2. The number of piperazine rings is 1. The van der Waals surface area contributed by atoms with Crippen LogP contribution in [-0.2, 0) is 4.79 Å². The zero-order chi connectivity index (χ0) is 21.2. The molecular formula is C25H30N4O. The van der Waals surface area contributed by atoms with E-state index in [2.05, 4.69) is 40.2 Å². The molecule has 1 heterocycles. The molecule has 2 aromatic carbocycles. The average molecular weight is 403 g/mol. The Morgan fingerprint density at radius 3 is 2.33 bits per heavy atom. The van der Waals surface area contributed by atoms with E-state index < -0.39 is 0 Å². The smallest absolute Gasteiger partial charge is 0.244 e. The minimum atomic E-state index is -0.203. The molecule has 1 fully saturated rings. The second-order valence-electron chi connectivity index (χ2n) is 7.56. The van der Waals surface area contributed by atoms with Gasteiger partial charge in [0.25, 0.3) is 0 Å². The van der Waals surface area contributed by atoms with Crippen LogP contribution in [0.1, 0.15) is 18.9 Å². The second-order valence-corrected chi connectivity index (χ2v) is 7.56. The van der Waals surface area contributed by atoms with Crippen LogP contribution in [0, 0.1) is 11.3 Å². The van der Waals surface area contributed by atoms with Crippen molar-refractivity contribution in [3.63, 3.8) is 0 Å². The van der Waals surface area contributed by atoms with Gasteiger partial charge < -0.3 is 4.90 Å². The summed E-state index contributed by atoms with van der Waals surface area (Å²) in [6.07, 6.45) is 4.69. The lowest BCUT2D eigenvalue weighted by Gasteiger charge is -2.38. The largest absolute Gasteiger partial charge is 0.310 e. The zero-order valence-electron chi connectivity index (χ0n) is 17.7. The van der Waals surface area contributed by atoms with Crippen molar-refractivity contribution in [3.05, 3.63) is 72.3 Å². The molecule has 0 saturated carbocycles. The Hall–Kier alpha value is -2.94. The van der Waals surface area contributed by atoms with E-state index in [0.29, 0.717) is 13.0 Å². The van der Waals surface area contributed by atoms with Gasteiger partial charge in [0.1, 0.15) is 0 Å². The fourth-order valence-electron chi connectivity index (χ4n) is 3.75. The van der Waals surface area contributed by atoms with Gasteiger partial charge in [-0.1, -0.05) is 60.7 Å². The summed E-state index contributed by atoms with van der Waals surface area (Å²) >= 11 is 0. The van der Waals surface area contributed by atoms with Crippen LogP contribution in [0.2, 0.25) is 0 Å². The Kier molecular flexibility index (Phi) is 8.20. The van der Waals surface area contributed by atoms with Gasteiger partial charge in [-0.05, 0) is 24.6 Å². The third kappa shape index (κ3) is 6.03. The number of hydrogen-bond donors (Lipinski definition) is 0. The number of hydrogen-bond acceptors (Lipinski definition) is 4. The summed E-state index contributed by atoms with van der Waals surface area (Å²) in [5.74, 6) is 0.0638. The van der Waals surface area contributed by atoms with E-state index in [9.17, 15) is 4.79 Å². The maximum atomic E-state index is 13.2. The van der Waals surface area contributed by atoms with Crippen molar-refractivity contribution in [1.82, 2.24) is 9.80 Å². The minimum absolute atomic E-state index is 0.0638. The molecule has 1 atom stereocenters. The van der Waals surface area contributed by atoms with Gasteiger partial charge in [0, 0.05) is 45.0 Å². The number of para-hydroxylation sites is 1. The number of carbonyl (C=O) groups is 1. The molecule has 0 radical (unpaired) electrons. The highest BCUT2D eigenvalue weighted by molar-refractivity contribution is 5.97. The van der Waals surface area contributed by atoms with Gasteiger partial charge in [0.2, 0.25) is 5.91 Å². The van der Waals surface area contributed by atoms with Crippen molar-refractivity contribution in [3.8, 4) is 6.07 Å². The summed E-state index contributed by atoms with van der Waals surface area (Å²) in [6.45, 7) is 6.95. The number of rotatable bonds is 8. The van der Waals surface area contributed by atoms with Crippen molar-refractivity contribution in [2.45, 2.75) is 19.4 Å². The first kappa shape index (κ1) is 21.8. The van der Waals surface area contributed by atoms with Gasteiger partial charge in [-0.3, -0.25) is 14.6 Å². The van der Waals surface area contributed by atoms with E-state index >= 15 is 0 Å². The third-order valence-corrected chi connectivity index (χ3v) is 5.57. The molecule has 0 aromatic heterocycles. The molecule has 1 aliphatic rings. The number of nitrogens with zero attached hydrogens (tertiary/aromatic N) is 4. The van der Waals surface area contributed by atoms with E-state index in [4.69, 9.17) is 5.26 Å². The van der Waals surface area contributed by atoms with Crippen LogP contribution in [0.4, 0.5) is 5.69 Å². The molecule has 1 amide bonds. The molecule has 0 bridgehead atoms. The zero-order valence-corrected chi connectivity index (χ0v) is 17.7. The lowest BCUT2D eigenvalue weighted by molar-refractivity contribution is -0.123. The van der Waals surface area contributed by atoms with Crippen LogP contribution in [0.3, 0.4) is 0 Å². The molecular weight excluding hydrogens is 372 g/mol. The molecule has 0 aliphatic carbocycles. The van der Waals surface area contributed by atoms with Crippen molar-refractivity contribution in [1.29, 1.82) is 5.26 Å². The van der Waals surface area contributed by atoms with Gasteiger partial charge >= 0.3 is 0 Å². The van der Waals surface area contributed by atoms with Crippen molar-refractivity contribution < 1.29 is 4.79 Å². The second kappa shape index (κ2) is 11.3. The SMILES string of the molecule is CC(C(=O)N(CCC#N)c1ccccc1)N1CCN(C/C=C/c2ccccc2)CC1. The van der Waals surface area contributed by atoms with E-state index in [1.807, 2.05) is 55.5 Å². The normalized spacial score (nSPS) is 16.3. The van der Waals surface area contributed by atoms with Crippen molar-refractivity contribution >= 4 is 17.7 Å². The topological polar surface area (TPSA) is 50.6 Å². The molecule has 3 rings (SSSR count). The van der Waals surface area contributed by atoms with E-state index in [0.717, 1.165) is 38.4 Å². The van der Waals surface area contributed by atoms with Crippen LogP contribution in [0.25, 0.3) is 6.08 Å². The predicted molar refractivity (Wildman–Crippen MR) is 122 cm³/mol. The van der Waals surface area contributed by atoms with E-state index in [1.165, 1.54) is 5.56 Å². The Bertz CT molecular complexity index is 852. The first-order valence-electron chi connectivity index (χ1n) is 10.6. The fourth-order valence-corrected chi connectivity index (χ4v) is 3.75. The molecule has 1 unspecified atom stereocenters. The summed E-state index contributed by atoms with van der Waals surface area (Å²) in [4.78, 5) is 19.6. The number of nitriles is 1. The molecule has 156 valence electrons. The van der Waals surface area contributed by atoms with Gasteiger partial charge in [-0.15, -0.1) is 0 Å². The first-order valence-corrected chi connectivity index (χ1v) is 10.6. The Morgan fingerprint density at radius 2 is 1.70 bits per heavy atom. The standard InChI is InChI=1S/C25H30N4O/c1-22(25(30)29(17-9-15-26)24-13-6-3-7-14-24)28-20-18-27(19-21-28)16-8-12-23-10-4-2-5-11-23/h2-8,10-14,22H,9,16-21H2,1H3/b12-8+. The van der Waals surface area contributed by atoms with Crippen molar-refractivity contribution in [2.75, 3.05) is 44.2 Å². The number of anilines is 1. The van der Waals surface area contributed by atoms with E-state index in [-0.39, 0.29) is 11.9 Å². The predicted octanol–water partition coefficient (Wildman–Crippen LogP) is 3.65. The monoisotopic (exact) mass is 402 g/mol. The fraction of sp³-hybridized carbons (Fsp3) is 0.360. The van der Waals surface area contributed by atoms with Crippen LogP contribution < -0.4 is 4.90 Å². The Labute approximate surface area is 179 Å². The van der Waals surface area contributed by atoms with Gasteiger partial charge in [0.15, 0.2) is 0 Å². The maximum Gasteiger partial charge on any atom is 0.244 e. The number of carbonyl (C=O) groups excluding carboxylic acids is 1.